The molecule has 1 atom stereocenters. The van der Waals surface area contributed by atoms with Crippen molar-refractivity contribution < 1.29 is 9.53 Å². The van der Waals surface area contributed by atoms with Crippen LogP contribution in [0.1, 0.15) is 30.0 Å². The minimum absolute atomic E-state index is 0.0516. The minimum Gasteiger partial charge on any atom is -0.481 e. The van der Waals surface area contributed by atoms with E-state index in [1.807, 2.05) is 48.2 Å². The van der Waals surface area contributed by atoms with Crippen LogP contribution >= 0.6 is 0 Å². The number of para-hydroxylation sites is 1. The molecule has 2 aromatic rings. The number of carbonyl (C=O) groups is 1. The lowest BCUT2D eigenvalue weighted by molar-refractivity contribution is -0.125. The van der Waals surface area contributed by atoms with Gasteiger partial charge in [0.05, 0.1) is 0 Å². The van der Waals surface area contributed by atoms with Gasteiger partial charge in [-0.15, -0.1) is 0 Å². The molecule has 120 valence electrons. The predicted octanol–water partition coefficient (Wildman–Crippen LogP) is 4.05. The molecule has 1 heterocycles. The van der Waals surface area contributed by atoms with Crippen LogP contribution < -0.4 is 9.64 Å². The van der Waals surface area contributed by atoms with Crippen molar-refractivity contribution in [3.63, 3.8) is 0 Å². The van der Waals surface area contributed by atoms with E-state index in [0.29, 0.717) is 6.42 Å². The van der Waals surface area contributed by atoms with E-state index < -0.39 is 6.10 Å². The maximum absolute atomic E-state index is 12.9. The van der Waals surface area contributed by atoms with Crippen molar-refractivity contribution in [2.24, 2.45) is 0 Å². The number of rotatable bonds is 4. The fourth-order valence-electron chi connectivity index (χ4n) is 3.00. The van der Waals surface area contributed by atoms with Crippen LogP contribution in [0.4, 0.5) is 5.69 Å². The zero-order chi connectivity index (χ0) is 16.4. The summed E-state index contributed by atoms with van der Waals surface area (Å²) >= 11 is 0. The Kier molecular flexibility index (Phi) is 4.37. The molecule has 0 spiro atoms. The third kappa shape index (κ3) is 3.09. The molecule has 3 nitrogen and oxygen atoms in total. The first kappa shape index (κ1) is 15.6. The Morgan fingerprint density at radius 2 is 1.96 bits per heavy atom. The van der Waals surface area contributed by atoms with Gasteiger partial charge in [-0.3, -0.25) is 4.79 Å². The molecule has 0 fully saturated rings. The van der Waals surface area contributed by atoms with Gasteiger partial charge in [0.1, 0.15) is 5.75 Å². The van der Waals surface area contributed by atoms with Crippen molar-refractivity contribution in [3.8, 4) is 5.75 Å². The molecule has 23 heavy (non-hydrogen) atoms. The van der Waals surface area contributed by atoms with Crippen LogP contribution in [-0.4, -0.2) is 18.6 Å². The first-order valence-corrected chi connectivity index (χ1v) is 8.23. The Morgan fingerprint density at radius 1 is 1.17 bits per heavy atom. The highest BCUT2D eigenvalue weighted by molar-refractivity contribution is 5.98. The molecular formula is C20H23NO2. The third-order valence-electron chi connectivity index (χ3n) is 4.56. The van der Waals surface area contributed by atoms with Gasteiger partial charge in [-0.2, -0.15) is 0 Å². The summed E-state index contributed by atoms with van der Waals surface area (Å²) in [5, 5.41) is 0. The van der Waals surface area contributed by atoms with Gasteiger partial charge in [0.2, 0.25) is 0 Å². The topological polar surface area (TPSA) is 29.5 Å². The molecule has 0 saturated heterocycles. The smallest absolute Gasteiger partial charge is 0.268 e. The summed E-state index contributed by atoms with van der Waals surface area (Å²) in [4.78, 5) is 14.8. The molecule has 1 aliphatic heterocycles. The van der Waals surface area contributed by atoms with E-state index in [1.165, 1.54) is 16.7 Å². The average Bonchev–Trinajstić information content (AvgIpc) is 2.99. The largest absolute Gasteiger partial charge is 0.481 e. The summed E-state index contributed by atoms with van der Waals surface area (Å²) in [6.07, 6.45) is 1.13. The SMILES string of the molecule is CC[C@@H](Oc1ccc(C)c(C)c1)C(=O)N1CCc2ccccc21. The Labute approximate surface area is 137 Å². The monoisotopic (exact) mass is 309 g/mol. The Bertz CT molecular complexity index is 723. The molecule has 3 rings (SSSR count). The number of amides is 1. The average molecular weight is 309 g/mol. The first-order chi connectivity index (χ1) is 11.1. The highest BCUT2D eigenvalue weighted by Crippen LogP contribution is 2.29. The van der Waals surface area contributed by atoms with E-state index in [1.54, 1.807) is 0 Å². The fraction of sp³-hybridized carbons (Fsp3) is 0.350. The van der Waals surface area contributed by atoms with Gasteiger partial charge in [0, 0.05) is 12.2 Å². The second-order valence-corrected chi connectivity index (χ2v) is 6.13. The third-order valence-corrected chi connectivity index (χ3v) is 4.56. The molecule has 1 aliphatic rings. The lowest BCUT2D eigenvalue weighted by Crippen LogP contribution is -2.41. The van der Waals surface area contributed by atoms with Gasteiger partial charge in [-0.1, -0.05) is 31.2 Å². The summed E-state index contributed by atoms with van der Waals surface area (Å²) in [5.41, 5.74) is 4.67. The van der Waals surface area contributed by atoms with E-state index >= 15 is 0 Å². The number of aryl methyl sites for hydroxylation is 2. The zero-order valence-electron chi connectivity index (χ0n) is 14.0. The van der Waals surface area contributed by atoms with E-state index in [9.17, 15) is 4.79 Å². The molecule has 0 aromatic heterocycles. The molecule has 0 radical (unpaired) electrons. The van der Waals surface area contributed by atoms with E-state index in [4.69, 9.17) is 4.74 Å². The number of fused-ring (bicyclic) bond motifs is 1. The standard InChI is InChI=1S/C20H23NO2/c1-4-19(23-17-10-9-14(2)15(3)13-17)20(22)21-12-11-16-7-5-6-8-18(16)21/h5-10,13,19H,4,11-12H2,1-3H3/t19-/m1/s1. The highest BCUT2D eigenvalue weighted by atomic mass is 16.5. The number of ether oxygens (including phenoxy) is 1. The predicted molar refractivity (Wildman–Crippen MR) is 93.1 cm³/mol. The first-order valence-electron chi connectivity index (χ1n) is 8.23. The van der Waals surface area contributed by atoms with Crippen molar-refractivity contribution in [3.05, 3.63) is 59.2 Å². The Morgan fingerprint density at radius 3 is 2.70 bits per heavy atom. The van der Waals surface area contributed by atoms with Gasteiger partial charge in [0.25, 0.3) is 5.91 Å². The summed E-state index contributed by atoms with van der Waals surface area (Å²) in [6.45, 7) is 6.86. The van der Waals surface area contributed by atoms with Gasteiger partial charge < -0.3 is 9.64 Å². The van der Waals surface area contributed by atoms with Crippen molar-refractivity contribution in [2.75, 3.05) is 11.4 Å². The van der Waals surface area contributed by atoms with Gasteiger partial charge in [0.15, 0.2) is 6.10 Å². The summed E-state index contributed by atoms with van der Waals surface area (Å²) < 4.78 is 6.00. The number of hydrogen-bond acceptors (Lipinski definition) is 2. The highest BCUT2D eigenvalue weighted by Gasteiger charge is 2.30. The lowest BCUT2D eigenvalue weighted by atomic mass is 10.1. The molecule has 3 heteroatoms. The Hall–Kier alpha value is -2.29. The van der Waals surface area contributed by atoms with Crippen molar-refractivity contribution in [1.29, 1.82) is 0 Å². The quantitative estimate of drug-likeness (QED) is 0.852. The van der Waals surface area contributed by atoms with E-state index in [2.05, 4.69) is 19.9 Å². The van der Waals surface area contributed by atoms with Crippen LogP contribution in [0.3, 0.4) is 0 Å². The van der Waals surface area contributed by atoms with E-state index in [0.717, 1.165) is 24.4 Å². The van der Waals surface area contributed by atoms with Crippen LogP contribution in [-0.2, 0) is 11.2 Å². The molecular weight excluding hydrogens is 286 g/mol. The minimum atomic E-state index is -0.441. The number of carbonyl (C=O) groups excluding carboxylic acids is 1. The molecule has 0 bridgehead atoms. The molecule has 0 N–H and O–H groups in total. The summed E-state index contributed by atoms with van der Waals surface area (Å²) in [6, 6.07) is 14.1. The second kappa shape index (κ2) is 6.45. The van der Waals surface area contributed by atoms with Gasteiger partial charge >= 0.3 is 0 Å². The van der Waals surface area contributed by atoms with Crippen molar-refractivity contribution in [2.45, 2.75) is 39.7 Å². The summed E-state index contributed by atoms with van der Waals surface area (Å²) in [5.74, 6) is 0.816. The van der Waals surface area contributed by atoms with Crippen LogP contribution in [0.5, 0.6) is 5.75 Å². The zero-order valence-corrected chi connectivity index (χ0v) is 14.0. The van der Waals surface area contributed by atoms with Crippen LogP contribution in [0, 0.1) is 13.8 Å². The molecule has 1 amide bonds. The second-order valence-electron chi connectivity index (χ2n) is 6.13. The normalized spacial score (nSPS) is 14.5. The van der Waals surface area contributed by atoms with Crippen molar-refractivity contribution in [1.82, 2.24) is 0 Å². The number of benzene rings is 2. The maximum Gasteiger partial charge on any atom is 0.268 e. The van der Waals surface area contributed by atoms with Crippen LogP contribution in [0.15, 0.2) is 42.5 Å². The number of anilines is 1. The number of nitrogens with zero attached hydrogens (tertiary/aromatic N) is 1. The van der Waals surface area contributed by atoms with Crippen LogP contribution in [0.2, 0.25) is 0 Å². The van der Waals surface area contributed by atoms with E-state index in [-0.39, 0.29) is 5.91 Å². The number of hydrogen-bond donors (Lipinski definition) is 0. The fourth-order valence-corrected chi connectivity index (χ4v) is 3.00. The molecule has 0 aliphatic carbocycles. The lowest BCUT2D eigenvalue weighted by Gasteiger charge is -2.24. The van der Waals surface area contributed by atoms with Gasteiger partial charge in [-0.05, 0) is 61.6 Å². The maximum atomic E-state index is 12.9. The Balaban J connectivity index is 1.78. The molecule has 0 unspecified atom stereocenters. The molecule has 0 saturated carbocycles. The summed E-state index contributed by atoms with van der Waals surface area (Å²) in [7, 11) is 0. The van der Waals surface area contributed by atoms with Crippen LogP contribution in [0.25, 0.3) is 0 Å². The van der Waals surface area contributed by atoms with Gasteiger partial charge in [-0.25, -0.2) is 0 Å². The molecule has 2 aromatic carbocycles. The van der Waals surface area contributed by atoms with Crippen molar-refractivity contribution >= 4 is 11.6 Å².